The fourth-order valence-electron chi connectivity index (χ4n) is 2.81. The van der Waals surface area contributed by atoms with Crippen LogP contribution in [-0.2, 0) is 17.1 Å². The van der Waals surface area contributed by atoms with E-state index < -0.39 is 10.0 Å². The lowest BCUT2D eigenvalue weighted by molar-refractivity contribution is 0.466. The highest BCUT2D eigenvalue weighted by Crippen LogP contribution is 2.23. The van der Waals surface area contributed by atoms with Gasteiger partial charge in [0.25, 0.3) is 0 Å². The smallest absolute Gasteiger partial charge is 0.244 e. The normalized spacial score (nSPS) is 18.8. The first kappa shape index (κ1) is 17.0. The van der Waals surface area contributed by atoms with Gasteiger partial charge in [-0.25, -0.2) is 18.1 Å². The van der Waals surface area contributed by atoms with Crippen molar-refractivity contribution in [2.45, 2.75) is 23.8 Å². The van der Waals surface area contributed by atoms with Gasteiger partial charge in [0.05, 0.1) is 16.9 Å². The van der Waals surface area contributed by atoms with Crippen LogP contribution < -0.4 is 15.4 Å². The number of hydrogen-bond donors (Lipinski definition) is 2. The van der Waals surface area contributed by atoms with Crippen molar-refractivity contribution in [3.8, 4) is 0 Å². The molecule has 1 atom stereocenters. The topological polar surface area (TPSA) is 106 Å². The molecule has 0 aromatic carbocycles. The minimum absolute atomic E-state index is 0.0631. The first-order valence-electron chi connectivity index (χ1n) is 7.52. The van der Waals surface area contributed by atoms with Crippen LogP contribution in [-0.4, -0.2) is 42.3 Å². The molecule has 8 nitrogen and oxygen atoms in total. The van der Waals surface area contributed by atoms with Crippen LogP contribution in [0.25, 0.3) is 0 Å². The van der Waals surface area contributed by atoms with Gasteiger partial charge in [-0.3, -0.25) is 4.68 Å². The van der Waals surface area contributed by atoms with Crippen molar-refractivity contribution in [2.75, 3.05) is 23.7 Å². The highest BCUT2D eigenvalue weighted by atomic mass is 35.5. The number of halogens is 1. The summed E-state index contributed by atoms with van der Waals surface area (Å²) in [6.45, 7) is 1.43. The van der Waals surface area contributed by atoms with Crippen LogP contribution in [0.4, 0.5) is 11.5 Å². The third-order valence-electron chi connectivity index (χ3n) is 3.94. The van der Waals surface area contributed by atoms with Crippen LogP contribution in [0.2, 0.25) is 5.02 Å². The van der Waals surface area contributed by atoms with Crippen molar-refractivity contribution in [1.29, 1.82) is 0 Å². The summed E-state index contributed by atoms with van der Waals surface area (Å²) in [6.07, 6.45) is 6.64. The maximum atomic E-state index is 12.6. The number of nitrogen functional groups attached to an aromatic ring is 1. The molecule has 0 aliphatic carbocycles. The molecule has 1 aliphatic heterocycles. The Kier molecular flexibility index (Phi) is 4.66. The first-order chi connectivity index (χ1) is 11.3. The van der Waals surface area contributed by atoms with E-state index in [9.17, 15) is 8.42 Å². The van der Waals surface area contributed by atoms with E-state index in [-0.39, 0.29) is 21.8 Å². The van der Waals surface area contributed by atoms with Crippen LogP contribution in [0.15, 0.2) is 29.6 Å². The second-order valence-electron chi connectivity index (χ2n) is 5.82. The zero-order valence-electron chi connectivity index (χ0n) is 13.2. The monoisotopic (exact) mass is 370 g/mol. The largest absolute Gasteiger partial charge is 0.383 e. The number of rotatable bonds is 4. The Morgan fingerprint density at radius 2 is 2.21 bits per heavy atom. The molecule has 2 aromatic rings. The van der Waals surface area contributed by atoms with Crippen molar-refractivity contribution in [1.82, 2.24) is 19.5 Å². The molecule has 0 unspecified atom stereocenters. The van der Waals surface area contributed by atoms with E-state index in [0.29, 0.717) is 6.54 Å². The van der Waals surface area contributed by atoms with E-state index in [1.54, 1.807) is 10.9 Å². The molecule has 0 spiro atoms. The molecule has 0 amide bonds. The predicted molar refractivity (Wildman–Crippen MR) is 92.4 cm³/mol. The van der Waals surface area contributed by atoms with Crippen molar-refractivity contribution < 1.29 is 8.42 Å². The lowest BCUT2D eigenvalue weighted by atomic mass is 10.1. The van der Waals surface area contributed by atoms with E-state index in [1.807, 2.05) is 13.2 Å². The van der Waals surface area contributed by atoms with E-state index >= 15 is 0 Å². The number of nitrogens with one attached hydrogen (secondary N) is 1. The fraction of sp³-hybridized carbons (Fsp3) is 0.429. The SMILES string of the molecule is Cn1cc(N2CCC[C@@H](NS(=O)(=O)c3cc(Cl)cnc3N)C2)cn1. The van der Waals surface area contributed by atoms with Gasteiger partial charge in [-0.05, 0) is 18.9 Å². The zero-order chi connectivity index (χ0) is 17.3. The highest BCUT2D eigenvalue weighted by molar-refractivity contribution is 7.89. The number of anilines is 2. The van der Waals surface area contributed by atoms with Gasteiger partial charge < -0.3 is 10.6 Å². The van der Waals surface area contributed by atoms with Crippen molar-refractivity contribution >= 4 is 33.1 Å². The molecule has 3 heterocycles. The second-order valence-corrected chi connectivity index (χ2v) is 7.93. The zero-order valence-corrected chi connectivity index (χ0v) is 14.8. The Bertz CT molecular complexity index is 838. The van der Waals surface area contributed by atoms with Crippen LogP contribution in [0.3, 0.4) is 0 Å². The Morgan fingerprint density at radius 3 is 2.92 bits per heavy atom. The first-order valence-corrected chi connectivity index (χ1v) is 9.38. The van der Waals surface area contributed by atoms with Crippen LogP contribution in [0, 0.1) is 0 Å². The van der Waals surface area contributed by atoms with Gasteiger partial charge in [0, 0.05) is 38.6 Å². The number of sulfonamides is 1. The molecule has 0 bridgehead atoms. The third kappa shape index (κ3) is 3.63. The molecule has 3 N–H and O–H groups in total. The molecular formula is C14H19ClN6O2S. The standard InChI is InChI=1S/C14H19ClN6O2S/c1-20-9-12(7-18-20)21-4-2-3-11(8-21)19-24(22,23)13-5-10(15)6-17-14(13)16/h5-7,9,11,19H,2-4,8H2,1H3,(H2,16,17)/t11-/m1/s1. The highest BCUT2D eigenvalue weighted by Gasteiger charge is 2.27. The van der Waals surface area contributed by atoms with E-state index in [4.69, 9.17) is 17.3 Å². The van der Waals surface area contributed by atoms with Gasteiger partial charge >= 0.3 is 0 Å². The molecule has 10 heteroatoms. The number of hydrogen-bond acceptors (Lipinski definition) is 6. The summed E-state index contributed by atoms with van der Waals surface area (Å²) in [5, 5.41) is 4.38. The molecule has 1 aliphatic rings. The molecule has 130 valence electrons. The lowest BCUT2D eigenvalue weighted by Gasteiger charge is -2.33. The maximum Gasteiger partial charge on any atom is 0.244 e. The van der Waals surface area contributed by atoms with E-state index in [0.717, 1.165) is 25.1 Å². The number of nitrogens with zero attached hydrogens (tertiary/aromatic N) is 4. The summed E-state index contributed by atoms with van der Waals surface area (Å²) >= 11 is 5.84. The van der Waals surface area contributed by atoms with Gasteiger partial charge in [-0.1, -0.05) is 11.6 Å². The summed E-state index contributed by atoms with van der Waals surface area (Å²) in [6, 6.07) is 1.09. The van der Waals surface area contributed by atoms with Crippen LogP contribution >= 0.6 is 11.6 Å². The Balaban J connectivity index is 1.76. The van der Waals surface area contributed by atoms with Crippen molar-refractivity contribution in [3.63, 3.8) is 0 Å². The summed E-state index contributed by atoms with van der Waals surface area (Å²) in [7, 11) is -1.93. The summed E-state index contributed by atoms with van der Waals surface area (Å²) < 4.78 is 29.6. The predicted octanol–water partition coefficient (Wildman–Crippen LogP) is 0.998. The quantitative estimate of drug-likeness (QED) is 0.831. The maximum absolute atomic E-state index is 12.6. The molecule has 1 saturated heterocycles. The molecule has 1 fully saturated rings. The van der Waals surface area contributed by atoms with Gasteiger partial charge in [-0.2, -0.15) is 5.10 Å². The van der Waals surface area contributed by atoms with Crippen molar-refractivity contribution in [3.05, 3.63) is 29.7 Å². The molecule has 2 aromatic heterocycles. The third-order valence-corrected chi connectivity index (χ3v) is 5.69. The number of piperidine rings is 1. The van der Waals surface area contributed by atoms with Gasteiger partial charge in [0.1, 0.15) is 10.7 Å². The van der Waals surface area contributed by atoms with Crippen molar-refractivity contribution in [2.24, 2.45) is 7.05 Å². The number of nitrogens with two attached hydrogens (primary N) is 1. The molecular weight excluding hydrogens is 352 g/mol. The Hall–Kier alpha value is -1.84. The molecule has 0 radical (unpaired) electrons. The average molecular weight is 371 g/mol. The lowest BCUT2D eigenvalue weighted by Crippen LogP contribution is -2.47. The fourth-order valence-corrected chi connectivity index (χ4v) is 4.40. The van der Waals surface area contributed by atoms with Crippen LogP contribution in [0.5, 0.6) is 0 Å². The van der Waals surface area contributed by atoms with Gasteiger partial charge in [0.2, 0.25) is 10.0 Å². The van der Waals surface area contributed by atoms with Crippen LogP contribution in [0.1, 0.15) is 12.8 Å². The summed E-state index contributed by atoms with van der Waals surface area (Å²) in [4.78, 5) is 5.83. The summed E-state index contributed by atoms with van der Waals surface area (Å²) in [5.41, 5.74) is 6.67. The van der Waals surface area contributed by atoms with Gasteiger partial charge in [0.15, 0.2) is 0 Å². The minimum atomic E-state index is -3.78. The Morgan fingerprint density at radius 1 is 1.42 bits per heavy atom. The second kappa shape index (κ2) is 6.58. The number of pyridine rings is 1. The molecule has 0 saturated carbocycles. The summed E-state index contributed by atoms with van der Waals surface area (Å²) in [5.74, 6) is -0.0631. The molecule has 24 heavy (non-hydrogen) atoms. The van der Waals surface area contributed by atoms with E-state index in [2.05, 4.69) is 19.7 Å². The molecule has 3 rings (SSSR count). The van der Waals surface area contributed by atoms with Gasteiger partial charge in [-0.15, -0.1) is 0 Å². The average Bonchev–Trinajstić information content (AvgIpc) is 2.96. The number of aryl methyl sites for hydroxylation is 1. The Labute approximate surface area is 145 Å². The number of aromatic nitrogens is 3. The van der Waals surface area contributed by atoms with E-state index in [1.165, 1.54) is 12.3 Å². The minimum Gasteiger partial charge on any atom is -0.383 e.